The number of sulfonamides is 1. The first-order chi connectivity index (χ1) is 17.7. The number of nitrogens with one attached hydrogen (secondary N) is 1. The van der Waals surface area contributed by atoms with Gasteiger partial charge in [0.2, 0.25) is 10.0 Å². The molecule has 3 aromatic carbocycles. The number of aryl methyl sites for hydroxylation is 1. The quantitative estimate of drug-likeness (QED) is 0.366. The fourth-order valence-corrected chi connectivity index (χ4v) is 6.14. The molecule has 1 aromatic heterocycles. The fraction of sp³-hybridized carbons (Fsp3) is 0.222. The third kappa shape index (κ3) is 5.16. The summed E-state index contributed by atoms with van der Waals surface area (Å²) in [6, 6.07) is 17.0. The van der Waals surface area contributed by atoms with Gasteiger partial charge in [-0.25, -0.2) is 8.42 Å². The van der Waals surface area contributed by atoms with E-state index in [1.165, 1.54) is 10.4 Å². The van der Waals surface area contributed by atoms with Crippen molar-refractivity contribution < 1.29 is 22.6 Å². The highest BCUT2D eigenvalue weighted by Gasteiger charge is 2.28. The van der Waals surface area contributed by atoms with E-state index in [1.807, 2.05) is 0 Å². The number of halogens is 1. The van der Waals surface area contributed by atoms with Crippen LogP contribution >= 0.6 is 11.6 Å². The highest BCUT2D eigenvalue weighted by Crippen LogP contribution is 2.34. The van der Waals surface area contributed by atoms with Gasteiger partial charge in [-0.05, 0) is 54.4 Å². The second-order valence-corrected chi connectivity index (χ2v) is 11.1. The number of hydrogen-bond donors (Lipinski definition) is 1. The first-order valence-electron chi connectivity index (χ1n) is 11.6. The molecule has 192 valence electrons. The number of hydrogen-bond acceptors (Lipinski definition) is 6. The number of methoxy groups -OCH3 is 1. The van der Waals surface area contributed by atoms with Crippen LogP contribution in [0, 0.1) is 6.92 Å². The summed E-state index contributed by atoms with van der Waals surface area (Å²) < 4.78 is 45.6. The number of nitrogens with zero attached hydrogens (tertiary/aromatic N) is 1. The number of H-pyrrole nitrogens is 1. The Morgan fingerprint density at radius 1 is 0.973 bits per heavy atom. The normalized spacial score (nSPS) is 13.2. The number of aromatic nitrogens is 1. The minimum absolute atomic E-state index is 0.0386. The molecule has 0 bridgehead atoms. The van der Waals surface area contributed by atoms with Gasteiger partial charge in [0.15, 0.2) is 11.5 Å². The van der Waals surface area contributed by atoms with Crippen LogP contribution in [-0.4, -0.2) is 38.0 Å². The number of ether oxygens (including phenoxy) is 3. The van der Waals surface area contributed by atoms with E-state index < -0.39 is 10.0 Å². The molecule has 0 aliphatic carbocycles. The molecule has 8 nitrogen and oxygen atoms in total. The molecule has 0 fully saturated rings. The first kappa shape index (κ1) is 25.1. The maximum atomic E-state index is 13.9. The van der Waals surface area contributed by atoms with Crippen molar-refractivity contribution in [2.45, 2.75) is 24.9 Å². The van der Waals surface area contributed by atoms with Gasteiger partial charge < -0.3 is 19.2 Å². The molecule has 0 amide bonds. The van der Waals surface area contributed by atoms with Gasteiger partial charge in [-0.15, -0.1) is 0 Å². The topological polar surface area (TPSA) is 97.9 Å². The Hall–Kier alpha value is -3.53. The van der Waals surface area contributed by atoms with Gasteiger partial charge in [0.1, 0.15) is 19.0 Å². The number of aromatic amines is 1. The van der Waals surface area contributed by atoms with Gasteiger partial charge in [0.25, 0.3) is 5.56 Å². The molecule has 0 radical (unpaired) electrons. The van der Waals surface area contributed by atoms with Crippen molar-refractivity contribution in [1.82, 2.24) is 9.29 Å². The third-order valence-corrected chi connectivity index (χ3v) is 8.39. The molecular formula is C27H25ClN2O6S. The zero-order valence-corrected chi connectivity index (χ0v) is 21.9. The lowest BCUT2D eigenvalue weighted by molar-refractivity contribution is 0.172. The number of rotatable bonds is 7. The molecular weight excluding hydrogens is 516 g/mol. The first-order valence-corrected chi connectivity index (χ1v) is 13.4. The van der Waals surface area contributed by atoms with Gasteiger partial charge in [-0.2, -0.15) is 4.31 Å². The Balaban J connectivity index is 1.57. The zero-order valence-electron chi connectivity index (χ0n) is 20.3. The lowest BCUT2D eigenvalue weighted by Crippen LogP contribution is -2.33. The SMILES string of the molecule is COc1ccc(CN(Cc2cc3cc4c(cc3[nH]c2=O)OCCO4)S(=O)(=O)c2cc(Cl)ccc2C)cc1. The zero-order chi connectivity index (χ0) is 26.2. The summed E-state index contributed by atoms with van der Waals surface area (Å²) in [5, 5.41) is 1.02. The molecule has 1 N–H and O–H groups in total. The van der Waals surface area contributed by atoms with Crippen molar-refractivity contribution in [1.29, 1.82) is 0 Å². The van der Waals surface area contributed by atoms with E-state index in [9.17, 15) is 13.2 Å². The van der Waals surface area contributed by atoms with Crippen molar-refractivity contribution >= 4 is 32.5 Å². The summed E-state index contributed by atoms with van der Waals surface area (Å²) in [4.78, 5) is 16.0. The van der Waals surface area contributed by atoms with E-state index >= 15 is 0 Å². The number of fused-ring (bicyclic) bond motifs is 2. The Bertz CT molecular complexity index is 1630. The van der Waals surface area contributed by atoms with Gasteiger partial charge in [0, 0.05) is 35.1 Å². The molecule has 37 heavy (non-hydrogen) atoms. The lowest BCUT2D eigenvalue weighted by Gasteiger charge is -2.24. The van der Waals surface area contributed by atoms with E-state index in [1.54, 1.807) is 68.6 Å². The number of pyridine rings is 1. The predicted molar refractivity (Wildman–Crippen MR) is 141 cm³/mol. The minimum Gasteiger partial charge on any atom is -0.497 e. The van der Waals surface area contributed by atoms with E-state index in [0.717, 1.165) is 5.56 Å². The molecule has 2 heterocycles. The van der Waals surface area contributed by atoms with Crippen molar-refractivity contribution in [3.63, 3.8) is 0 Å². The predicted octanol–water partition coefficient (Wildman–Crippen LogP) is 4.66. The van der Waals surface area contributed by atoms with Crippen LogP contribution in [0.3, 0.4) is 0 Å². The summed E-state index contributed by atoms with van der Waals surface area (Å²) >= 11 is 6.16. The Kier molecular flexibility index (Phi) is 6.85. The molecule has 0 atom stereocenters. The molecule has 4 aromatic rings. The monoisotopic (exact) mass is 540 g/mol. The number of benzene rings is 3. The molecule has 10 heteroatoms. The van der Waals surface area contributed by atoms with Crippen LogP contribution < -0.4 is 19.8 Å². The third-order valence-electron chi connectivity index (χ3n) is 6.22. The highest BCUT2D eigenvalue weighted by molar-refractivity contribution is 7.89. The van der Waals surface area contributed by atoms with Crippen molar-refractivity contribution in [2.75, 3.05) is 20.3 Å². The van der Waals surface area contributed by atoms with E-state index in [4.69, 9.17) is 25.8 Å². The summed E-state index contributed by atoms with van der Waals surface area (Å²) in [7, 11) is -2.47. The molecule has 0 spiro atoms. The van der Waals surface area contributed by atoms with Crippen LogP contribution in [-0.2, 0) is 23.1 Å². The van der Waals surface area contributed by atoms with Gasteiger partial charge in [0.05, 0.1) is 17.5 Å². The second-order valence-electron chi connectivity index (χ2n) is 8.74. The van der Waals surface area contributed by atoms with E-state index in [-0.39, 0.29) is 23.5 Å². The van der Waals surface area contributed by atoms with Gasteiger partial charge >= 0.3 is 0 Å². The molecule has 0 unspecified atom stereocenters. The largest absolute Gasteiger partial charge is 0.497 e. The maximum Gasteiger partial charge on any atom is 0.252 e. The molecule has 1 aliphatic heterocycles. The minimum atomic E-state index is -4.03. The van der Waals surface area contributed by atoms with Crippen molar-refractivity contribution in [3.8, 4) is 17.2 Å². The van der Waals surface area contributed by atoms with Crippen LogP contribution in [0.15, 0.2) is 70.4 Å². The Morgan fingerprint density at radius 3 is 2.38 bits per heavy atom. The fourth-order valence-electron chi connectivity index (χ4n) is 4.25. The summed E-state index contributed by atoms with van der Waals surface area (Å²) in [6.45, 7) is 2.46. The average Bonchev–Trinajstić information content (AvgIpc) is 2.89. The smallest absolute Gasteiger partial charge is 0.252 e. The van der Waals surface area contributed by atoms with Crippen LogP contribution in [0.4, 0.5) is 0 Å². The van der Waals surface area contributed by atoms with Crippen LogP contribution in [0.5, 0.6) is 17.2 Å². The van der Waals surface area contributed by atoms with Crippen molar-refractivity contribution in [3.05, 3.63) is 92.7 Å². The Morgan fingerprint density at radius 2 is 1.68 bits per heavy atom. The summed E-state index contributed by atoms with van der Waals surface area (Å²) in [6.07, 6.45) is 0. The molecule has 0 saturated heterocycles. The molecule has 0 saturated carbocycles. The van der Waals surface area contributed by atoms with Crippen LogP contribution in [0.1, 0.15) is 16.7 Å². The van der Waals surface area contributed by atoms with E-state index in [0.29, 0.717) is 57.5 Å². The van der Waals surface area contributed by atoms with Gasteiger partial charge in [-0.1, -0.05) is 29.8 Å². The van der Waals surface area contributed by atoms with Crippen LogP contribution in [0.25, 0.3) is 10.9 Å². The summed E-state index contributed by atoms with van der Waals surface area (Å²) in [5.74, 6) is 1.79. The lowest BCUT2D eigenvalue weighted by atomic mass is 10.1. The summed E-state index contributed by atoms with van der Waals surface area (Å²) in [5.41, 5.74) is 1.78. The van der Waals surface area contributed by atoms with E-state index in [2.05, 4.69) is 4.98 Å². The van der Waals surface area contributed by atoms with Crippen LogP contribution in [0.2, 0.25) is 5.02 Å². The standard InChI is InChI=1S/C27H25ClN2O6S/c1-17-3-6-21(28)13-26(17)37(32,33)30(15-18-4-7-22(34-2)8-5-18)16-20-11-19-12-24-25(36-10-9-35-24)14-23(19)29-27(20)31/h3-8,11-14H,9-10,15-16H2,1-2H3,(H,29,31). The Labute approximate surface area is 219 Å². The molecule has 5 rings (SSSR count). The van der Waals surface area contributed by atoms with Crippen molar-refractivity contribution in [2.24, 2.45) is 0 Å². The highest BCUT2D eigenvalue weighted by atomic mass is 35.5. The second kappa shape index (κ2) is 10.1. The maximum absolute atomic E-state index is 13.9. The average molecular weight is 541 g/mol. The molecule has 1 aliphatic rings. The van der Waals surface area contributed by atoms with Gasteiger partial charge in [-0.3, -0.25) is 4.79 Å².